The number of fused-ring (bicyclic) bond motifs is 4. The standard InChI is InChI=1S/C28H28N2O3/c1-15(31)18-9-8-17-12-22-28(32)13-20-19-4-2-3-5-21(19)29-24(20)26-27(28,23(17)25(18)33-26)10-11-30(22)14-16-6-7-16/h2-5,8-9,16,22,26,29,32H,6-7,10-14H2,1H3/t22-,26+,27+,28-/m1/s1. The molecule has 2 N–H and O–H groups in total. The number of H-pyrrole nitrogens is 1. The van der Waals surface area contributed by atoms with Crippen LogP contribution in [-0.2, 0) is 18.3 Å². The van der Waals surface area contributed by atoms with Gasteiger partial charge in [-0.3, -0.25) is 9.69 Å². The second kappa shape index (κ2) is 5.89. The average molecular weight is 441 g/mol. The highest BCUT2D eigenvalue weighted by Gasteiger charge is 2.72. The molecular weight excluding hydrogens is 412 g/mol. The number of ketones is 1. The van der Waals surface area contributed by atoms with Crippen LogP contribution in [0.3, 0.4) is 0 Å². The molecule has 3 heterocycles. The molecule has 0 amide bonds. The highest BCUT2D eigenvalue weighted by Crippen LogP contribution is 2.68. The number of carbonyl (C=O) groups is 1. The molecule has 0 radical (unpaired) electrons. The Bertz CT molecular complexity index is 1370. The fourth-order valence-electron chi connectivity index (χ4n) is 7.87. The Kier molecular flexibility index (Phi) is 3.35. The van der Waals surface area contributed by atoms with Crippen LogP contribution in [0.2, 0.25) is 0 Å². The Morgan fingerprint density at radius 3 is 2.91 bits per heavy atom. The molecule has 2 aliphatic heterocycles. The molecular formula is C28H28N2O3. The van der Waals surface area contributed by atoms with Gasteiger partial charge in [-0.2, -0.15) is 0 Å². The smallest absolute Gasteiger partial charge is 0.163 e. The topological polar surface area (TPSA) is 65.6 Å². The summed E-state index contributed by atoms with van der Waals surface area (Å²) in [6, 6.07) is 12.5. The van der Waals surface area contributed by atoms with Crippen molar-refractivity contribution >= 4 is 16.7 Å². The van der Waals surface area contributed by atoms with Crippen LogP contribution in [0.25, 0.3) is 10.9 Å². The molecule has 0 unspecified atom stereocenters. The molecule has 2 bridgehead atoms. The summed E-state index contributed by atoms with van der Waals surface area (Å²) in [5.41, 5.74) is 4.97. The maximum Gasteiger partial charge on any atom is 0.163 e. The first-order valence-electron chi connectivity index (χ1n) is 12.4. The van der Waals surface area contributed by atoms with Crippen LogP contribution in [0.1, 0.15) is 65.0 Å². The molecule has 1 saturated carbocycles. The first kappa shape index (κ1) is 18.8. The monoisotopic (exact) mass is 440 g/mol. The summed E-state index contributed by atoms with van der Waals surface area (Å²) in [5.74, 6) is 1.53. The SMILES string of the molecule is CC(=O)c1ccc2c3c1O[C@H]1c4[nH]c5ccccc5c4C[C@@]4(O)[C@@H](C2)N(CC2CC2)CC[C@]314. The Hall–Kier alpha value is -2.63. The number of likely N-dealkylation sites (tertiary alicyclic amines) is 1. The predicted octanol–water partition coefficient (Wildman–Crippen LogP) is 4.07. The van der Waals surface area contributed by atoms with Crippen molar-refractivity contribution < 1.29 is 14.6 Å². The molecule has 5 heteroatoms. The van der Waals surface area contributed by atoms with Gasteiger partial charge in [-0.1, -0.05) is 24.3 Å². The molecule has 1 spiro atoms. The summed E-state index contributed by atoms with van der Waals surface area (Å²) in [6.45, 7) is 3.68. The van der Waals surface area contributed by atoms with Gasteiger partial charge in [0.15, 0.2) is 11.9 Å². The number of aromatic amines is 1. The van der Waals surface area contributed by atoms with Crippen LogP contribution in [0.4, 0.5) is 0 Å². The van der Waals surface area contributed by atoms with Gasteiger partial charge in [0.2, 0.25) is 0 Å². The second-order valence-electron chi connectivity index (χ2n) is 11.1. The summed E-state index contributed by atoms with van der Waals surface area (Å²) >= 11 is 0. The molecule has 2 aromatic carbocycles. The third kappa shape index (κ3) is 2.10. The number of hydrogen-bond donors (Lipinski definition) is 2. The van der Waals surface area contributed by atoms with E-state index in [2.05, 4.69) is 40.2 Å². The van der Waals surface area contributed by atoms with E-state index in [1.54, 1.807) is 6.92 Å². The lowest BCUT2D eigenvalue weighted by Crippen LogP contribution is -2.74. The summed E-state index contributed by atoms with van der Waals surface area (Å²) < 4.78 is 6.79. The Morgan fingerprint density at radius 1 is 1.24 bits per heavy atom. The predicted molar refractivity (Wildman–Crippen MR) is 125 cm³/mol. The number of Topliss-reactive ketones (excluding diaryl/α,β-unsaturated/α-hetero) is 1. The van der Waals surface area contributed by atoms with E-state index in [0.29, 0.717) is 12.0 Å². The van der Waals surface area contributed by atoms with Gasteiger partial charge < -0.3 is 14.8 Å². The highest BCUT2D eigenvalue weighted by molar-refractivity contribution is 5.98. The van der Waals surface area contributed by atoms with Crippen molar-refractivity contribution in [3.8, 4) is 5.75 Å². The van der Waals surface area contributed by atoms with Gasteiger partial charge in [0.25, 0.3) is 0 Å². The van der Waals surface area contributed by atoms with Crippen LogP contribution in [0.15, 0.2) is 36.4 Å². The molecule has 3 aromatic rings. The third-order valence-corrected chi connectivity index (χ3v) is 9.47. The number of hydrogen-bond acceptors (Lipinski definition) is 4. The van der Waals surface area contributed by atoms with E-state index in [-0.39, 0.29) is 17.9 Å². The van der Waals surface area contributed by atoms with E-state index < -0.39 is 11.0 Å². The number of para-hydroxylation sites is 1. The first-order valence-corrected chi connectivity index (χ1v) is 12.4. The van der Waals surface area contributed by atoms with Crippen LogP contribution in [0, 0.1) is 5.92 Å². The van der Waals surface area contributed by atoms with Gasteiger partial charge in [0.05, 0.1) is 22.3 Å². The second-order valence-corrected chi connectivity index (χ2v) is 11.1. The van der Waals surface area contributed by atoms with Crippen molar-refractivity contribution in [2.24, 2.45) is 5.92 Å². The average Bonchev–Trinajstić information content (AvgIpc) is 3.44. The van der Waals surface area contributed by atoms with Gasteiger partial charge in [-0.05, 0) is 68.3 Å². The molecule has 5 nitrogen and oxygen atoms in total. The van der Waals surface area contributed by atoms with E-state index in [9.17, 15) is 9.90 Å². The van der Waals surface area contributed by atoms with Gasteiger partial charge in [0, 0.05) is 35.5 Å². The Labute approximate surface area is 192 Å². The van der Waals surface area contributed by atoms with Crippen molar-refractivity contribution in [3.05, 3.63) is 64.3 Å². The molecule has 1 aromatic heterocycles. The number of nitrogens with one attached hydrogen (secondary N) is 1. The van der Waals surface area contributed by atoms with Crippen molar-refractivity contribution in [2.45, 2.75) is 62.2 Å². The van der Waals surface area contributed by atoms with Gasteiger partial charge in [-0.25, -0.2) is 0 Å². The van der Waals surface area contributed by atoms with Crippen molar-refractivity contribution in [1.29, 1.82) is 0 Å². The van der Waals surface area contributed by atoms with E-state index >= 15 is 0 Å². The molecule has 3 aliphatic carbocycles. The normalized spacial score (nSPS) is 33.5. The summed E-state index contributed by atoms with van der Waals surface area (Å²) in [6.07, 6.45) is 4.63. The number of piperidine rings is 1. The largest absolute Gasteiger partial charge is 0.482 e. The minimum absolute atomic E-state index is 0.0246. The minimum Gasteiger partial charge on any atom is -0.482 e. The zero-order valence-corrected chi connectivity index (χ0v) is 18.9. The molecule has 4 atom stereocenters. The number of aromatic nitrogens is 1. The Morgan fingerprint density at radius 2 is 2.09 bits per heavy atom. The molecule has 5 aliphatic rings. The number of rotatable bonds is 3. The van der Waals surface area contributed by atoms with Crippen molar-refractivity contribution in [2.75, 3.05) is 13.1 Å². The lowest BCUT2D eigenvalue weighted by Gasteiger charge is -2.62. The van der Waals surface area contributed by atoms with Crippen molar-refractivity contribution in [3.63, 3.8) is 0 Å². The zero-order valence-electron chi connectivity index (χ0n) is 18.9. The maximum absolute atomic E-state index is 12.8. The van der Waals surface area contributed by atoms with E-state index in [0.717, 1.165) is 54.4 Å². The van der Waals surface area contributed by atoms with Gasteiger partial charge in [0.1, 0.15) is 5.75 Å². The van der Waals surface area contributed by atoms with Crippen molar-refractivity contribution in [1.82, 2.24) is 9.88 Å². The van der Waals surface area contributed by atoms with Crippen LogP contribution < -0.4 is 4.74 Å². The summed E-state index contributed by atoms with van der Waals surface area (Å²) in [4.78, 5) is 18.8. The van der Waals surface area contributed by atoms with Crippen LogP contribution >= 0.6 is 0 Å². The van der Waals surface area contributed by atoms with Crippen LogP contribution in [0.5, 0.6) is 5.75 Å². The lowest BCUT2D eigenvalue weighted by atomic mass is 9.49. The highest BCUT2D eigenvalue weighted by atomic mass is 16.5. The number of nitrogens with zero attached hydrogens (tertiary/aromatic N) is 1. The fourth-order valence-corrected chi connectivity index (χ4v) is 7.87. The maximum atomic E-state index is 12.8. The van der Waals surface area contributed by atoms with Gasteiger partial charge >= 0.3 is 0 Å². The van der Waals surface area contributed by atoms with E-state index in [1.807, 2.05) is 6.07 Å². The number of carbonyl (C=O) groups excluding carboxylic acids is 1. The van der Waals surface area contributed by atoms with Crippen LogP contribution in [-0.4, -0.2) is 45.5 Å². The first-order chi connectivity index (χ1) is 16.0. The number of ether oxygens (including phenoxy) is 1. The minimum atomic E-state index is -0.920. The van der Waals surface area contributed by atoms with E-state index in [4.69, 9.17) is 4.74 Å². The van der Waals surface area contributed by atoms with Gasteiger partial charge in [-0.15, -0.1) is 0 Å². The third-order valence-electron chi connectivity index (χ3n) is 9.47. The summed E-state index contributed by atoms with van der Waals surface area (Å²) in [7, 11) is 0. The molecule has 1 saturated heterocycles. The molecule has 168 valence electrons. The number of benzene rings is 2. The molecule has 33 heavy (non-hydrogen) atoms. The molecule has 2 fully saturated rings. The fraction of sp³-hybridized carbons (Fsp3) is 0.464. The summed E-state index contributed by atoms with van der Waals surface area (Å²) in [5, 5.41) is 14.0. The quantitative estimate of drug-likeness (QED) is 0.603. The van der Waals surface area contributed by atoms with E-state index in [1.165, 1.54) is 29.4 Å². The molecule has 8 rings (SSSR count). The Balaban J connectivity index is 1.43. The number of aliphatic hydroxyl groups is 1. The lowest BCUT2D eigenvalue weighted by molar-refractivity contribution is -0.173. The zero-order chi connectivity index (χ0) is 22.1.